The fourth-order valence-electron chi connectivity index (χ4n) is 4.17. The lowest BCUT2D eigenvalue weighted by molar-refractivity contribution is 0.421. The number of nitrogens with one attached hydrogen (secondary N) is 2. The molecule has 0 bridgehead atoms. The number of hydrogen-bond acceptors (Lipinski definition) is 8. The number of nitrogens with zero attached hydrogens (tertiary/aromatic N) is 5. The Morgan fingerprint density at radius 3 is 2.61 bits per heavy atom. The van der Waals surface area contributed by atoms with E-state index < -0.39 is 5.82 Å². The molecule has 8 nitrogen and oxygen atoms in total. The first-order valence-corrected chi connectivity index (χ1v) is 12.7. The molecule has 0 radical (unpaired) electrons. The van der Waals surface area contributed by atoms with Crippen molar-refractivity contribution in [3.05, 3.63) is 72.2 Å². The third-order valence-corrected chi connectivity index (χ3v) is 6.21. The Labute approximate surface area is 222 Å². The van der Waals surface area contributed by atoms with Crippen molar-refractivity contribution in [2.75, 3.05) is 55.8 Å². The predicted octanol–water partition coefficient (Wildman–Crippen LogP) is 5.00. The van der Waals surface area contributed by atoms with Crippen LogP contribution in [0.2, 0.25) is 0 Å². The lowest BCUT2D eigenvalue weighted by Gasteiger charge is -2.29. The van der Waals surface area contributed by atoms with Crippen molar-refractivity contribution in [1.29, 1.82) is 0 Å². The monoisotopic (exact) mass is 520 g/mol. The maximum Gasteiger partial charge on any atom is 0.229 e. The van der Waals surface area contributed by atoms with E-state index in [-0.39, 0.29) is 17.5 Å². The summed E-state index contributed by atoms with van der Waals surface area (Å²) < 4.78 is 29.7. The van der Waals surface area contributed by atoms with Gasteiger partial charge in [0.05, 0.1) is 23.6 Å². The first-order valence-electron chi connectivity index (χ1n) is 12.7. The third kappa shape index (κ3) is 7.04. The molecule has 2 aromatic carbocycles. The molecule has 200 valence electrons. The fourth-order valence-corrected chi connectivity index (χ4v) is 4.17. The van der Waals surface area contributed by atoms with Crippen molar-refractivity contribution in [2.24, 2.45) is 10.7 Å². The number of para-hydroxylation sites is 1. The van der Waals surface area contributed by atoms with Gasteiger partial charge in [-0.2, -0.15) is 4.98 Å². The van der Waals surface area contributed by atoms with Gasteiger partial charge in [-0.05, 0) is 63.2 Å². The van der Waals surface area contributed by atoms with Crippen LogP contribution in [0.15, 0.2) is 65.6 Å². The third-order valence-electron chi connectivity index (χ3n) is 6.21. The lowest BCUT2D eigenvalue weighted by atomic mass is 10.0. The molecule has 0 amide bonds. The van der Waals surface area contributed by atoms with Crippen LogP contribution in [0.3, 0.4) is 0 Å². The van der Waals surface area contributed by atoms with Gasteiger partial charge in [-0.25, -0.2) is 13.8 Å². The van der Waals surface area contributed by atoms with Crippen LogP contribution < -0.4 is 21.3 Å². The molecule has 4 N–H and O–H groups in total. The highest BCUT2D eigenvalue weighted by Crippen LogP contribution is 2.33. The van der Waals surface area contributed by atoms with Crippen LogP contribution in [0.1, 0.15) is 19.3 Å². The smallest absolute Gasteiger partial charge is 0.229 e. The number of allylic oxidation sites excluding steroid dienone is 1. The lowest BCUT2D eigenvalue weighted by Crippen LogP contribution is -2.30. The Morgan fingerprint density at radius 1 is 1.11 bits per heavy atom. The van der Waals surface area contributed by atoms with Gasteiger partial charge in [-0.1, -0.05) is 18.2 Å². The number of rotatable bonds is 10. The maximum absolute atomic E-state index is 15.2. The Morgan fingerprint density at radius 2 is 1.89 bits per heavy atom. The van der Waals surface area contributed by atoms with Crippen LogP contribution in [-0.2, 0) is 0 Å². The summed E-state index contributed by atoms with van der Waals surface area (Å²) in [4.78, 5) is 17.4. The quantitative estimate of drug-likeness (QED) is 0.324. The molecule has 1 aliphatic heterocycles. The molecule has 0 unspecified atom stereocenters. The SMILES string of the molecule is CN(C)CCN=C/C(=C\N)Nc1ncc(-c2ccc(N3CCCCC3)c(F)c2)c(Nc2ccccc2F)n1. The molecule has 4 rings (SSSR count). The zero-order valence-corrected chi connectivity index (χ0v) is 21.8. The minimum Gasteiger partial charge on any atom is -0.403 e. The highest BCUT2D eigenvalue weighted by molar-refractivity contribution is 5.83. The van der Waals surface area contributed by atoms with Gasteiger partial charge in [0.1, 0.15) is 17.5 Å². The molecule has 10 heteroatoms. The number of aliphatic imine (C=N–C) groups is 1. The summed E-state index contributed by atoms with van der Waals surface area (Å²) in [5, 5.41) is 6.08. The van der Waals surface area contributed by atoms with Crippen LogP contribution in [0.5, 0.6) is 0 Å². The van der Waals surface area contributed by atoms with Crippen molar-refractivity contribution in [1.82, 2.24) is 14.9 Å². The van der Waals surface area contributed by atoms with Gasteiger partial charge < -0.3 is 26.2 Å². The second-order valence-corrected chi connectivity index (χ2v) is 9.36. The second-order valence-electron chi connectivity index (χ2n) is 9.36. The number of halogens is 2. The average Bonchev–Trinajstić information content (AvgIpc) is 2.92. The topological polar surface area (TPSA) is 94.7 Å². The molecule has 1 aliphatic rings. The van der Waals surface area contributed by atoms with Crippen LogP contribution in [0, 0.1) is 11.6 Å². The summed E-state index contributed by atoms with van der Waals surface area (Å²) in [6.07, 6.45) is 7.83. The van der Waals surface area contributed by atoms with E-state index >= 15 is 4.39 Å². The zero-order chi connectivity index (χ0) is 26.9. The van der Waals surface area contributed by atoms with Gasteiger partial charge in [-0.15, -0.1) is 0 Å². The van der Waals surface area contributed by atoms with Crippen LogP contribution in [-0.4, -0.2) is 61.4 Å². The number of hydrogen-bond donors (Lipinski definition) is 3. The van der Waals surface area contributed by atoms with Gasteiger partial charge >= 0.3 is 0 Å². The van der Waals surface area contributed by atoms with Crippen LogP contribution in [0.25, 0.3) is 11.1 Å². The second kappa shape index (κ2) is 13.0. The number of nitrogens with two attached hydrogens (primary N) is 1. The van der Waals surface area contributed by atoms with E-state index in [4.69, 9.17) is 5.73 Å². The first-order chi connectivity index (χ1) is 18.4. The average molecular weight is 521 g/mol. The number of anilines is 4. The summed E-state index contributed by atoms with van der Waals surface area (Å²) >= 11 is 0. The Balaban J connectivity index is 1.64. The van der Waals surface area contributed by atoms with Crippen molar-refractivity contribution >= 4 is 29.4 Å². The van der Waals surface area contributed by atoms with E-state index in [1.807, 2.05) is 25.1 Å². The van der Waals surface area contributed by atoms with E-state index in [9.17, 15) is 4.39 Å². The standard InChI is InChI=1S/C28H34F2N8/c1-37(2)15-12-32-18-21(17-31)34-28-33-19-22(27(36-28)35-25-9-5-4-8-23(25)29)20-10-11-26(24(30)16-20)38-13-6-3-7-14-38/h4-5,8-11,16-19H,3,6-7,12-15,31H2,1-2H3,(H2,33,34,35,36)/b21-17+,32-18?. The number of piperidine rings is 1. The summed E-state index contributed by atoms with van der Waals surface area (Å²) in [5.74, 6) is -0.202. The molecule has 3 aromatic rings. The minimum absolute atomic E-state index is 0.230. The molecule has 0 atom stereocenters. The van der Waals surface area contributed by atoms with E-state index in [0.717, 1.165) is 32.5 Å². The number of benzene rings is 2. The number of aromatic nitrogens is 2. The summed E-state index contributed by atoms with van der Waals surface area (Å²) in [5.41, 5.74) is 8.20. The molecule has 38 heavy (non-hydrogen) atoms. The van der Waals surface area contributed by atoms with Gasteiger partial charge in [0.2, 0.25) is 5.95 Å². The molecule has 0 spiro atoms. The molecule has 2 heterocycles. The molecule has 1 aromatic heterocycles. The summed E-state index contributed by atoms with van der Waals surface area (Å²) in [7, 11) is 3.94. The summed E-state index contributed by atoms with van der Waals surface area (Å²) in [6.45, 7) is 3.08. The van der Waals surface area contributed by atoms with Crippen LogP contribution in [0.4, 0.5) is 31.9 Å². The number of likely N-dealkylation sites (N-methyl/N-ethyl adjacent to an activating group) is 1. The highest BCUT2D eigenvalue weighted by Gasteiger charge is 2.18. The normalized spacial score (nSPS) is 14.3. The molecule has 1 saturated heterocycles. The van der Waals surface area contributed by atoms with E-state index in [2.05, 4.69) is 30.5 Å². The molecule has 0 saturated carbocycles. The Kier molecular flexibility index (Phi) is 9.21. The molecule has 1 fully saturated rings. The first kappa shape index (κ1) is 27.0. The molecular formula is C28H34F2N8. The van der Waals surface area contributed by atoms with Gasteiger partial charge in [-0.3, -0.25) is 4.99 Å². The Bertz CT molecular complexity index is 1290. The molecule has 0 aliphatic carbocycles. The van der Waals surface area contributed by atoms with Crippen LogP contribution >= 0.6 is 0 Å². The Hall–Kier alpha value is -4.05. The maximum atomic E-state index is 15.2. The summed E-state index contributed by atoms with van der Waals surface area (Å²) in [6, 6.07) is 11.4. The van der Waals surface area contributed by atoms with E-state index in [0.29, 0.717) is 34.9 Å². The minimum atomic E-state index is -0.436. The van der Waals surface area contributed by atoms with Gasteiger partial charge in [0, 0.05) is 43.8 Å². The van der Waals surface area contributed by atoms with Crippen molar-refractivity contribution in [3.63, 3.8) is 0 Å². The van der Waals surface area contributed by atoms with Crippen molar-refractivity contribution < 1.29 is 8.78 Å². The largest absolute Gasteiger partial charge is 0.403 e. The predicted molar refractivity (Wildman–Crippen MR) is 151 cm³/mol. The highest BCUT2D eigenvalue weighted by atomic mass is 19.1. The zero-order valence-electron chi connectivity index (χ0n) is 21.8. The van der Waals surface area contributed by atoms with Gasteiger partial charge in [0.15, 0.2) is 0 Å². The molecular weight excluding hydrogens is 486 g/mol. The van der Waals surface area contributed by atoms with E-state index in [1.54, 1.807) is 36.7 Å². The van der Waals surface area contributed by atoms with Crippen molar-refractivity contribution in [2.45, 2.75) is 19.3 Å². The van der Waals surface area contributed by atoms with Crippen molar-refractivity contribution in [3.8, 4) is 11.1 Å². The van der Waals surface area contributed by atoms with Gasteiger partial charge in [0.25, 0.3) is 0 Å². The fraction of sp³-hybridized carbons (Fsp3) is 0.321. The van der Waals surface area contributed by atoms with E-state index in [1.165, 1.54) is 24.8 Å².